The van der Waals surface area contributed by atoms with Gasteiger partial charge in [0.05, 0.1) is 26.4 Å². The third-order valence-electron chi connectivity index (χ3n) is 5.10. The fourth-order valence-electron chi connectivity index (χ4n) is 3.67. The number of para-hydroxylation sites is 1. The van der Waals surface area contributed by atoms with E-state index >= 15 is 0 Å². The molecule has 7 nitrogen and oxygen atoms in total. The minimum atomic E-state index is -0.250. The minimum Gasteiger partial charge on any atom is -0.493 e. The zero-order chi connectivity index (χ0) is 18.4. The van der Waals surface area contributed by atoms with Crippen LogP contribution in [0.1, 0.15) is 18.4 Å². The molecule has 144 valence electrons. The highest BCUT2D eigenvalue weighted by Crippen LogP contribution is 2.33. The summed E-state index contributed by atoms with van der Waals surface area (Å²) < 4.78 is 17.0. The fraction of sp³-hybridized carbons (Fsp3) is 0.632. The van der Waals surface area contributed by atoms with Gasteiger partial charge in [0.1, 0.15) is 6.61 Å². The van der Waals surface area contributed by atoms with Crippen molar-refractivity contribution in [1.82, 2.24) is 9.80 Å². The molecule has 0 aliphatic carbocycles. The van der Waals surface area contributed by atoms with Gasteiger partial charge < -0.3 is 19.9 Å². The monoisotopic (exact) mass is 363 g/mol. The standard InChI is InChI=1S/C19H29N3O4/c1-24-17-6-2-4-15(14-22-7-3-5-16(22)19(20)23)18(17)26-13-10-21-8-11-25-12-9-21/h2,4,6,16H,3,5,7-14H2,1H3,(H2,20,23)/t16-/m0/s1. The maximum absolute atomic E-state index is 11.7. The lowest BCUT2D eigenvalue weighted by molar-refractivity contribution is -0.122. The van der Waals surface area contributed by atoms with Crippen molar-refractivity contribution in [3.8, 4) is 11.5 Å². The SMILES string of the molecule is COc1cccc(CN2CCC[C@H]2C(N)=O)c1OCCN1CCOCC1. The lowest BCUT2D eigenvalue weighted by Gasteiger charge is -2.27. The van der Waals surface area contributed by atoms with E-state index in [1.807, 2.05) is 18.2 Å². The summed E-state index contributed by atoms with van der Waals surface area (Å²) in [5.41, 5.74) is 6.57. The van der Waals surface area contributed by atoms with Crippen LogP contribution in [-0.4, -0.2) is 74.9 Å². The van der Waals surface area contributed by atoms with Gasteiger partial charge in [0, 0.05) is 31.7 Å². The molecule has 3 rings (SSSR count). The Morgan fingerprint density at radius 2 is 2.12 bits per heavy atom. The molecule has 2 heterocycles. The number of nitrogens with zero attached hydrogens (tertiary/aromatic N) is 2. The molecule has 2 aliphatic rings. The highest BCUT2D eigenvalue weighted by atomic mass is 16.5. The third-order valence-corrected chi connectivity index (χ3v) is 5.10. The summed E-state index contributed by atoms with van der Waals surface area (Å²) in [6, 6.07) is 5.70. The van der Waals surface area contributed by atoms with E-state index in [0.29, 0.717) is 13.2 Å². The summed E-state index contributed by atoms with van der Waals surface area (Å²) in [6.07, 6.45) is 1.82. The molecule has 0 saturated carbocycles. The Morgan fingerprint density at radius 1 is 1.31 bits per heavy atom. The lowest BCUT2D eigenvalue weighted by atomic mass is 10.1. The topological polar surface area (TPSA) is 77.3 Å². The predicted molar refractivity (Wildman–Crippen MR) is 98.4 cm³/mol. The molecule has 2 N–H and O–H groups in total. The van der Waals surface area contributed by atoms with Crippen LogP contribution in [0.2, 0.25) is 0 Å². The van der Waals surface area contributed by atoms with Crippen LogP contribution in [0.25, 0.3) is 0 Å². The number of likely N-dealkylation sites (tertiary alicyclic amines) is 1. The van der Waals surface area contributed by atoms with Crippen LogP contribution in [0.3, 0.4) is 0 Å². The van der Waals surface area contributed by atoms with E-state index in [1.165, 1.54) is 0 Å². The van der Waals surface area contributed by atoms with Gasteiger partial charge in [0.15, 0.2) is 11.5 Å². The van der Waals surface area contributed by atoms with Crippen LogP contribution in [0.15, 0.2) is 18.2 Å². The van der Waals surface area contributed by atoms with Crippen molar-refractivity contribution in [2.24, 2.45) is 5.73 Å². The van der Waals surface area contributed by atoms with Gasteiger partial charge in [-0.25, -0.2) is 0 Å². The minimum absolute atomic E-state index is 0.192. The van der Waals surface area contributed by atoms with Gasteiger partial charge in [0.2, 0.25) is 5.91 Å². The third kappa shape index (κ3) is 4.66. The first kappa shape index (κ1) is 18.9. The first-order chi connectivity index (χ1) is 12.7. The van der Waals surface area contributed by atoms with Crippen molar-refractivity contribution < 1.29 is 19.0 Å². The Bertz CT molecular complexity index is 604. The van der Waals surface area contributed by atoms with Gasteiger partial charge >= 0.3 is 0 Å². The Kier molecular flexibility index (Phi) is 6.71. The van der Waals surface area contributed by atoms with E-state index in [0.717, 1.165) is 69.3 Å². The Hall–Kier alpha value is -1.83. The number of rotatable bonds is 8. The summed E-state index contributed by atoms with van der Waals surface area (Å²) >= 11 is 0. The van der Waals surface area contributed by atoms with E-state index in [-0.39, 0.29) is 11.9 Å². The molecule has 0 aromatic heterocycles. The molecule has 2 aliphatic heterocycles. The molecule has 1 atom stereocenters. The molecule has 1 amide bonds. The molecule has 2 saturated heterocycles. The first-order valence-corrected chi connectivity index (χ1v) is 9.31. The van der Waals surface area contributed by atoms with Crippen molar-refractivity contribution in [3.05, 3.63) is 23.8 Å². The number of ether oxygens (including phenoxy) is 3. The Balaban J connectivity index is 1.66. The van der Waals surface area contributed by atoms with Gasteiger partial charge in [-0.15, -0.1) is 0 Å². The number of hydrogen-bond donors (Lipinski definition) is 1. The quantitative estimate of drug-likeness (QED) is 0.738. The zero-order valence-corrected chi connectivity index (χ0v) is 15.5. The molecular weight excluding hydrogens is 334 g/mol. The van der Waals surface area contributed by atoms with Crippen LogP contribution in [-0.2, 0) is 16.1 Å². The Labute approximate surface area is 155 Å². The number of amides is 1. The number of hydrogen-bond acceptors (Lipinski definition) is 6. The highest BCUT2D eigenvalue weighted by Gasteiger charge is 2.29. The van der Waals surface area contributed by atoms with Crippen molar-refractivity contribution in [3.63, 3.8) is 0 Å². The van der Waals surface area contributed by atoms with Gasteiger partial charge in [-0.05, 0) is 25.5 Å². The number of carbonyl (C=O) groups is 1. The normalized spacial score (nSPS) is 21.7. The van der Waals surface area contributed by atoms with Crippen molar-refractivity contribution >= 4 is 5.91 Å². The molecule has 0 radical (unpaired) electrons. The van der Waals surface area contributed by atoms with Crippen LogP contribution in [0.4, 0.5) is 0 Å². The van der Waals surface area contributed by atoms with Crippen LogP contribution >= 0.6 is 0 Å². The van der Waals surface area contributed by atoms with Crippen molar-refractivity contribution in [2.45, 2.75) is 25.4 Å². The highest BCUT2D eigenvalue weighted by molar-refractivity contribution is 5.80. The van der Waals surface area contributed by atoms with E-state index < -0.39 is 0 Å². The molecule has 0 unspecified atom stereocenters. The van der Waals surface area contributed by atoms with Crippen LogP contribution in [0, 0.1) is 0 Å². The smallest absolute Gasteiger partial charge is 0.234 e. The summed E-state index contributed by atoms with van der Waals surface area (Å²) in [4.78, 5) is 16.1. The van der Waals surface area contributed by atoms with Crippen molar-refractivity contribution in [2.75, 3.05) is 53.1 Å². The maximum Gasteiger partial charge on any atom is 0.234 e. The molecule has 26 heavy (non-hydrogen) atoms. The summed E-state index contributed by atoms with van der Waals surface area (Å²) in [5.74, 6) is 1.23. The van der Waals surface area contributed by atoms with Gasteiger partial charge in [-0.1, -0.05) is 12.1 Å². The predicted octanol–water partition coefficient (Wildman–Crippen LogP) is 0.856. The fourth-order valence-corrected chi connectivity index (χ4v) is 3.67. The summed E-state index contributed by atoms with van der Waals surface area (Å²) in [5, 5.41) is 0. The Morgan fingerprint density at radius 3 is 2.85 bits per heavy atom. The molecule has 7 heteroatoms. The molecule has 2 fully saturated rings. The second kappa shape index (κ2) is 9.21. The van der Waals surface area contributed by atoms with Gasteiger partial charge in [-0.2, -0.15) is 0 Å². The van der Waals surface area contributed by atoms with E-state index in [1.54, 1.807) is 7.11 Å². The number of morpholine rings is 1. The van der Waals surface area contributed by atoms with E-state index in [2.05, 4.69) is 9.80 Å². The average Bonchev–Trinajstić information content (AvgIpc) is 3.12. The van der Waals surface area contributed by atoms with E-state index in [9.17, 15) is 4.79 Å². The molecule has 1 aromatic carbocycles. The molecule has 0 spiro atoms. The van der Waals surface area contributed by atoms with Crippen LogP contribution in [0.5, 0.6) is 11.5 Å². The van der Waals surface area contributed by atoms with Crippen molar-refractivity contribution in [1.29, 1.82) is 0 Å². The number of nitrogens with two attached hydrogens (primary N) is 1. The maximum atomic E-state index is 11.7. The largest absolute Gasteiger partial charge is 0.493 e. The second-order valence-electron chi connectivity index (χ2n) is 6.78. The summed E-state index contributed by atoms with van der Waals surface area (Å²) in [7, 11) is 1.65. The first-order valence-electron chi connectivity index (χ1n) is 9.31. The molecule has 1 aromatic rings. The van der Waals surface area contributed by atoms with E-state index in [4.69, 9.17) is 19.9 Å². The second-order valence-corrected chi connectivity index (χ2v) is 6.78. The molecule has 0 bridgehead atoms. The number of carbonyl (C=O) groups excluding carboxylic acids is 1. The van der Waals surface area contributed by atoms with Gasteiger partial charge in [-0.3, -0.25) is 14.6 Å². The van der Waals surface area contributed by atoms with Crippen LogP contribution < -0.4 is 15.2 Å². The lowest BCUT2D eigenvalue weighted by Crippen LogP contribution is -2.40. The molecular formula is C19H29N3O4. The summed E-state index contributed by atoms with van der Waals surface area (Å²) in [6.45, 7) is 6.40. The average molecular weight is 363 g/mol. The zero-order valence-electron chi connectivity index (χ0n) is 15.5. The number of methoxy groups -OCH3 is 1. The number of benzene rings is 1. The van der Waals surface area contributed by atoms with Gasteiger partial charge in [0.25, 0.3) is 0 Å². The number of primary amides is 1.